The second kappa shape index (κ2) is 6.89. The van der Waals surface area contributed by atoms with Crippen molar-refractivity contribution < 1.29 is 9.53 Å². The molecule has 2 amide bonds. The number of nitrogens with zero attached hydrogens (tertiary/aromatic N) is 2. The van der Waals surface area contributed by atoms with E-state index in [1.54, 1.807) is 19.2 Å². The van der Waals surface area contributed by atoms with E-state index in [-0.39, 0.29) is 6.03 Å². The number of aromatic nitrogens is 2. The van der Waals surface area contributed by atoms with Gasteiger partial charge in [-0.2, -0.15) is 0 Å². The fourth-order valence-corrected chi connectivity index (χ4v) is 2.75. The minimum absolute atomic E-state index is 0.362. The minimum Gasteiger partial charge on any atom is -0.496 e. The Morgan fingerprint density at radius 3 is 2.52 bits per heavy atom. The molecule has 0 aliphatic carbocycles. The number of urea groups is 1. The molecular formula is C16H14N4O2S. The molecule has 116 valence electrons. The highest BCUT2D eigenvalue weighted by Crippen LogP contribution is 2.33. The second-order valence-corrected chi connectivity index (χ2v) is 5.54. The van der Waals surface area contributed by atoms with Gasteiger partial charge in [-0.25, -0.2) is 4.79 Å². The standard InChI is InChI=1S/C16H14N4O2S/c1-22-13-10-6-5-9-12(13)14-19-20-16(23-14)18-15(21)17-11-7-3-2-4-8-11/h2-10H,1H3,(H2,17,18,20,21). The molecule has 0 saturated carbocycles. The van der Waals surface area contributed by atoms with Crippen molar-refractivity contribution in [2.24, 2.45) is 0 Å². The maximum Gasteiger partial charge on any atom is 0.325 e. The van der Waals surface area contributed by atoms with Crippen molar-refractivity contribution in [2.45, 2.75) is 0 Å². The van der Waals surface area contributed by atoms with Crippen molar-refractivity contribution in [1.82, 2.24) is 10.2 Å². The van der Waals surface area contributed by atoms with Crippen molar-refractivity contribution in [2.75, 3.05) is 17.7 Å². The number of para-hydroxylation sites is 2. The van der Waals surface area contributed by atoms with Gasteiger partial charge in [0.1, 0.15) is 5.75 Å². The summed E-state index contributed by atoms with van der Waals surface area (Å²) in [6.45, 7) is 0. The van der Waals surface area contributed by atoms with Gasteiger partial charge in [0.25, 0.3) is 0 Å². The monoisotopic (exact) mass is 326 g/mol. The Balaban J connectivity index is 1.71. The summed E-state index contributed by atoms with van der Waals surface area (Å²) in [6.07, 6.45) is 0. The smallest absolute Gasteiger partial charge is 0.325 e. The second-order valence-electron chi connectivity index (χ2n) is 4.56. The molecule has 0 aliphatic heterocycles. The first-order valence-corrected chi connectivity index (χ1v) is 7.68. The van der Waals surface area contributed by atoms with Gasteiger partial charge in [-0.05, 0) is 24.3 Å². The summed E-state index contributed by atoms with van der Waals surface area (Å²) in [6, 6.07) is 16.4. The van der Waals surface area contributed by atoms with Gasteiger partial charge < -0.3 is 10.1 Å². The van der Waals surface area contributed by atoms with Crippen molar-refractivity contribution in [3.8, 4) is 16.3 Å². The lowest BCUT2D eigenvalue weighted by Gasteiger charge is -2.04. The van der Waals surface area contributed by atoms with Gasteiger partial charge in [-0.15, -0.1) is 10.2 Å². The number of amides is 2. The summed E-state index contributed by atoms with van der Waals surface area (Å²) >= 11 is 1.28. The average Bonchev–Trinajstić information content (AvgIpc) is 3.03. The normalized spacial score (nSPS) is 10.1. The number of nitrogens with one attached hydrogen (secondary N) is 2. The van der Waals surface area contributed by atoms with Gasteiger partial charge in [0, 0.05) is 5.69 Å². The van der Waals surface area contributed by atoms with E-state index in [1.165, 1.54) is 11.3 Å². The molecule has 0 fully saturated rings. The number of methoxy groups -OCH3 is 1. The zero-order valence-electron chi connectivity index (χ0n) is 12.3. The predicted octanol–water partition coefficient (Wildman–Crippen LogP) is 3.86. The maximum absolute atomic E-state index is 11.9. The van der Waals surface area contributed by atoms with Crippen molar-refractivity contribution in [3.05, 3.63) is 54.6 Å². The van der Waals surface area contributed by atoms with Crippen LogP contribution in [0.5, 0.6) is 5.75 Å². The number of carbonyl (C=O) groups excluding carboxylic acids is 1. The van der Waals surface area contributed by atoms with E-state index in [2.05, 4.69) is 20.8 Å². The third-order valence-electron chi connectivity index (χ3n) is 3.01. The molecule has 0 aliphatic rings. The zero-order valence-corrected chi connectivity index (χ0v) is 13.1. The van der Waals surface area contributed by atoms with Crippen molar-refractivity contribution in [3.63, 3.8) is 0 Å². The van der Waals surface area contributed by atoms with Crippen molar-refractivity contribution in [1.29, 1.82) is 0 Å². The number of carbonyl (C=O) groups is 1. The molecule has 0 radical (unpaired) electrons. The van der Waals surface area contributed by atoms with Gasteiger partial charge in [-0.1, -0.05) is 41.7 Å². The lowest BCUT2D eigenvalue weighted by atomic mass is 10.2. The molecule has 2 N–H and O–H groups in total. The van der Waals surface area contributed by atoms with E-state index in [9.17, 15) is 4.79 Å². The molecule has 1 aromatic heterocycles. The molecule has 7 heteroatoms. The Labute approximate surface area is 137 Å². The number of ether oxygens (including phenoxy) is 1. The maximum atomic E-state index is 11.9. The summed E-state index contributed by atoms with van der Waals surface area (Å²) in [7, 11) is 1.60. The van der Waals surface area contributed by atoms with Gasteiger partial charge in [-0.3, -0.25) is 5.32 Å². The Bertz CT molecular complexity index is 805. The molecule has 23 heavy (non-hydrogen) atoms. The third-order valence-corrected chi connectivity index (χ3v) is 3.89. The summed E-state index contributed by atoms with van der Waals surface area (Å²) in [5.41, 5.74) is 1.54. The molecular weight excluding hydrogens is 312 g/mol. The lowest BCUT2D eigenvalue weighted by Crippen LogP contribution is -2.19. The number of anilines is 2. The molecule has 0 saturated heterocycles. The Kier molecular flexibility index (Phi) is 4.49. The number of hydrogen-bond acceptors (Lipinski definition) is 5. The van der Waals surface area contributed by atoms with Crippen LogP contribution in [0.4, 0.5) is 15.6 Å². The van der Waals surface area contributed by atoms with Crippen LogP contribution in [0.1, 0.15) is 0 Å². The molecule has 1 heterocycles. The summed E-state index contributed by atoms with van der Waals surface area (Å²) < 4.78 is 5.31. The van der Waals surface area contributed by atoms with Gasteiger partial charge in [0.15, 0.2) is 5.01 Å². The molecule has 0 atom stereocenters. The fraction of sp³-hybridized carbons (Fsp3) is 0.0625. The van der Waals surface area contributed by atoms with E-state index >= 15 is 0 Å². The number of rotatable bonds is 4. The van der Waals surface area contributed by atoms with Crippen LogP contribution in [-0.2, 0) is 0 Å². The molecule has 6 nitrogen and oxygen atoms in total. The largest absolute Gasteiger partial charge is 0.496 e. The summed E-state index contributed by atoms with van der Waals surface area (Å²) in [5, 5.41) is 14.6. The van der Waals surface area contributed by atoms with Crippen LogP contribution in [0.3, 0.4) is 0 Å². The zero-order chi connectivity index (χ0) is 16.1. The first kappa shape index (κ1) is 15.0. The van der Waals surface area contributed by atoms with Crippen LogP contribution in [0.25, 0.3) is 10.6 Å². The van der Waals surface area contributed by atoms with E-state index in [4.69, 9.17) is 4.74 Å². The summed E-state index contributed by atoms with van der Waals surface area (Å²) in [4.78, 5) is 11.9. The highest BCUT2D eigenvalue weighted by atomic mass is 32.1. The van der Waals surface area contributed by atoms with Crippen LogP contribution in [0.15, 0.2) is 54.6 Å². The van der Waals surface area contributed by atoms with Gasteiger partial charge in [0.05, 0.1) is 12.7 Å². The first-order chi connectivity index (χ1) is 11.3. The molecule has 3 aromatic rings. The van der Waals surface area contributed by atoms with Gasteiger partial charge >= 0.3 is 6.03 Å². The SMILES string of the molecule is COc1ccccc1-c1nnc(NC(=O)Nc2ccccc2)s1. The van der Waals surface area contributed by atoms with E-state index in [0.29, 0.717) is 21.6 Å². The fourth-order valence-electron chi connectivity index (χ4n) is 1.98. The molecule has 0 unspecified atom stereocenters. The third kappa shape index (κ3) is 3.64. The van der Waals surface area contributed by atoms with Gasteiger partial charge in [0.2, 0.25) is 5.13 Å². The van der Waals surface area contributed by atoms with Crippen LogP contribution in [0, 0.1) is 0 Å². The molecule has 0 spiro atoms. The molecule has 2 aromatic carbocycles. The Morgan fingerprint density at radius 1 is 1.00 bits per heavy atom. The molecule has 3 rings (SSSR count). The van der Waals surface area contributed by atoms with E-state index < -0.39 is 0 Å². The number of benzene rings is 2. The van der Waals surface area contributed by atoms with E-state index in [0.717, 1.165) is 5.56 Å². The quantitative estimate of drug-likeness (QED) is 0.763. The van der Waals surface area contributed by atoms with Crippen LogP contribution < -0.4 is 15.4 Å². The van der Waals surface area contributed by atoms with Crippen LogP contribution >= 0.6 is 11.3 Å². The lowest BCUT2D eigenvalue weighted by molar-refractivity contribution is 0.262. The minimum atomic E-state index is -0.362. The number of hydrogen-bond donors (Lipinski definition) is 2. The molecule has 0 bridgehead atoms. The average molecular weight is 326 g/mol. The van der Waals surface area contributed by atoms with E-state index in [1.807, 2.05) is 42.5 Å². The van der Waals surface area contributed by atoms with Crippen LogP contribution in [0.2, 0.25) is 0 Å². The highest BCUT2D eigenvalue weighted by molar-refractivity contribution is 7.18. The Morgan fingerprint density at radius 2 is 1.74 bits per heavy atom. The van der Waals surface area contributed by atoms with Crippen molar-refractivity contribution >= 4 is 28.2 Å². The Hall–Kier alpha value is -2.93. The predicted molar refractivity (Wildman–Crippen MR) is 91.0 cm³/mol. The first-order valence-electron chi connectivity index (χ1n) is 6.86. The summed E-state index contributed by atoms with van der Waals surface area (Å²) in [5.74, 6) is 0.712. The van der Waals surface area contributed by atoms with Crippen LogP contribution in [-0.4, -0.2) is 23.3 Å². The topological polar surface area (TPSA) is 76.1 Å². The highest BCUT2D eigenvalue weighted by Gasteiger charge is 2.12.